The van der Waals surface area contributed by atoms with Gasteiger partial charge in [0.2, 0.25) is 0 Å². The van der Waals surface area contributed by atoms with E-state index in [2.05, 4.69) is 10.2 Å². The number of nitrogens with one attached hydrogen (secondary N) is 1. The third-order valence-electron chi connectivity index (χ3n) is 7.84. The summed E-state index contributed by atoms with van der Waals surface area (Å²) in [5.74, 6) is -0.227. The van der Waals surface area contributed by atoms with Gasteiger partial charge in [0.15, 0.2) is 0 Å². The minimum atomic E-state index is -3.79. The fourth-order valence-corrected chi connectivity index (χ4v) is 7.75. The molecule has 188 valence electrons. The quantitative estimate of drug-likeness (QED) is 0.660. The molecule has 2 aliphatic heterocycles. The molecule has 5 rings (SSSR count). The molecule has 2 heterocycles. The molecule has 1 aliphatic carbocycles. The Labute approximate surface area is 208 Å². The molecule has 0 spiro atoms. The zero-order valence-electron chi connectivity index (χ0n) is 20.4. The summed E-state index contributed by atoms with van der Waals surface area (Å²) in [7, 11) is -3.79. The van der Waals surface area contributed by atoms with Gasteiger partial charge in [0.1, 0.15) is 0 Å². The van der Waals surface area contributed by atoms with Crippen LogP contribution in [0.15, 0.2) is 53.4 Å². The van der Waals surface area contributed by atoms with Crippen molar-refractivity contribution >= 4 is 21.6 Å². The number of carbonyl (C=O) groups is 1. The first-order valence-corrected chi connectivity index (χ1v) is 14.2. The number of carbonyl (C=O) groups excluding carboxylic acids is 1. The lowest BCUT2D eigenvalue weighted by Gasteiger charge is -2.48. The van der Waals surface area contributed by atoms with E-state index in [1.807, 2.05) is 31.2 Å². The smallest absolute Gasteiger partial charge is 0.264 e. The first-order chi connectivity index (χ1) is 16.9. The molecule has 1 N–H and O–H groups in total. The van der Waals surface area contributed by atoms with Gasteiger partial charge in [0, 0.05) is 36.8 Å². The van der Waals surface area contributed by atoms with Crippen LogP contribution in [0.5, 0.6) is 0 Å². The molecule has 0 bridgehead atoms. The molecule has 2 fully saturated rings. The van der Waals surface area contributed by atoms with E-state index in [1.54, 1.807) is 18.2 Å². The van der Waals surface area contributed by atoms with Gasteiger partial charge < -0.3 is 10.1 Å². The highest BCUT2D eigenvalue weighted by Gasteiger charge is 2.39. The van der Waals surface area contributed by atoms with Crippen LogP contribution in [0, 0.1) is 0 Å². The first kappa shape index (κ1) is 24.3. The van der Waals surface area contributed by atoms with Crippen LogP contribution in [0.3, 0.4) is 0 Å². The number of benzene rings is 2. The summed E-state index contributed by atoms with van der Waals surface area (Å²) >= 11 is 0. The molecule has 1 saturated heterocycles. The molecule has 7 nitrogen and oxygen atoms in total. The van der Waals surface area contributed by atoms with Crippen LogP contribution < -0.4 is 9.62 Å². The Hall–Kier alpha value is -2.42. The van der Waals surface area contributed by atoms with Gasteiger partial charge >= 0.3 is 0 Å². The topological polar surface area (TPSA) is 79.0 Å². The standard InChI is InChI=1S/C27H35N3O4S/c1-21-18-22-8-3-4-11-25(22)30(21)35(32,33)24-10-7-9-23(19-24)26(31)28-20-27(12-5-2-6-13-27)29-14-16-34-17-15-29/h3-4,7-11,19,21H,2,5-6,12-18,20H2,1H3,(H,28,31). The SMILES string of the molecule is CC1Cc2ccccc2N1S(=O)(=O)c1cccc(C(=O)NCC2(N3CCOCC3)CCCCC2)c1. The molecule has 3 aliphatic rings. The van der Waals surface area contributed by atoms with Crippen LogP contribution >= 0.6 is 0 Å². The minimum absolute atomic E-state index is 0.0456. The zero-order valence-corrected chi connectivity index (χ0v) is 21.2. The molecule has 0 radical (unpaired) electrons. The molecule has 1 amide bonds. The lowest BCUT2D eigenvalue weighted by Crippen LogP contribution is -2.59. The number of fused-ring (bicyclic) bond motifs is 1. The maximum atomic E-state index is 13.6. The highest BCUT2D eigenvalue weighted by Crippen LogP contribution is 2.37. The summed E-state index contributed by atoms with van der Waals surface area (Å²) in [6.45, 7) is 5.72. The molecule has 2 aromatic rings. The fraction of sp³-hybridized carbons (Fsp3) is 0.519. The molecule has 1 saturated carbocycles. The summed E-state index contributed by atoms with van der Waals surface area (Å²) in [5.41, 5.74) is 2.08. The van der Waals surface area contributed by atoms with E-state index in [-0.39, 0.29) is 22.4 Å². The van der Waals surface area contributed by atoms with Crippen molar-refractivity contribution < 1.29 is 17.9 Å². The van der Waals surface area contributed by atoms with Gasteiger partial charge in [-0.05, 0) is 56.0 Å². The predicted molar refractivity (Wildman–Crippen MR) is 136 cm³/mol. The normalized spacial score (nSPS) is 22.5. The maximum Gasteiger partial charge on any atom is 0.264 e. The predicted octanol–water partition coefficient (Wildman–Crippen LogP) is 3.59. The number of amides is 1. The number of nitrogens with zero attached hydrogens (tertiary/aromatic N) is 2. The van der Waals surface area contributed by atoms with Crippen LogP contribution in [0.2, 0.25) is 0 Å². The Morgan fingerprint density at radius 3 is 2.57 bits per heavy atom. The number of hydrogen-bond donors (Lipinski definition) is 1. The van der Waals surface area contributed by atoms with E-state index >= 15 is 0 Å². The van der Waals surface area contributed by atoms with E-state index in [9.17, 15) is 13.2 Å². The van der Waals surface area contributed by atoms with Crippen LogP contribution in [0.25, 0.3) is 0 Å². The summed E-state index contributed by atoms with van der Waals surface area (Å²) < 4.78 is 34.3. The maximum absolute atomic E-state index is 13.6. The van der Waals surface area contributed by atoms with Crippen molar-refractivity contribution in [1.82, 2.24) is 10.2 Å². The molecular weight excluding hydrogens is 462 g/mol. The molecular formula is C27H35N3O4S. The average molecular weight is 498 g/mol. The van der Waals surface area contributed by atoms with E-state index < -0.39 is 10.0 Å². The summed E-state index contributed by atoms with van der Waals surface area (Å²) in [5, 5.41) is 3.15. The number of anilines is 1. The van der Waals surface area contributed by atoms with Crippen LogP contribution in [0.1, 0.15) is 54.9 Å². The highest BCUT2D eigenvalue weighted by molar-refractivity contribution is 7.92. The zero-order chi connectivity index (χ0) is 24.5. The van der Waals surface area contributed by atoms with Gasteiger partial charge in [-0.25, -0.2) is 8.42 Å². The Kier molecular flexibility index (Phi) is 6.88. The summed E-state index contributed by atoms with van der Waals surface area (Å²) in [6, 6.07) is 13.9. The van der Waals surface area contributed by atoms with Crippen molar-refractivity contribution in [2.24, 2.45) is 0 Å². The van der Waals surface area contributed by atoms with Crippen LogP contribution in [-0.4, -0.2) is 63.7 Å². The number of ether oxygens (including phenoxy) is 1. The number of sulfonamides is 1. The van der Waals surface area contributed by atoms with E-state index in [4.69, 9.17) is 4.74 Å². The second-order valence-electron chi connectivity index (χ2n) is 10.1. The first-order valence-electron chi connectivity index (χ1n) is 12.7. The van der Waals surface area contributed by atoms with E-state index in [0.717, 1.165) is 63.2 Å². The van der Waals surface area contributed by atoms with Crippen LogP contribution in [-0.2, 0) is 21.2 Å². The lowest BCUT2D eigenvalue weighted by molar-refractivity contribution is -0.0361. The Morgan fingerprint density at radius 1 is 1.06 bits per heavy atom. The van der Waals surface area contributed by atoms with Crippen molar-refractivity contribution in [3.8, 4) is 0 Å². The van der Waals surface area contributed by atoms with Crippen molar-refractivity contribution in [2.75, 3.05) is 37.2 Å². The molecule has 8 heteroatoms. The van der Waals surface area contributed by atoms with Crippen molar-refractivity contribution in [1.29, 1.82) is 0 Å². The Balaban J connectivity index is 1.34. The molecule has 2 aromatic carbocycles. The van der Waals surface area contributed by atoms with Gasteiger partial charge in [-0.1, -0.05) is 43.5 Å². The van der Waals surface area contributed by atoms with Crippen molar-refractivity contribution in [3.05, 3.63) is 59.7 Å². The fourth-order valence-electron chi connectivity index (χ4n) is 6.01. The van der Waals surface area contributed by atoms with Crippen molar-refractivity contribution in [3.63, 3.8) is 0 Å². The molecule has 0 aromatic heterocycles. The van der Waals surface area contributed by atoms with Gasteiger partial charge in [-0.3, -0.25) is 14.0 Å². The Bertz CT molecular complexity index is 1170. The number of morpholine rings is 1. The number of hydrogen-bond acceptors (Lipinski definition) is 5. The average Bonchev–Trinajstić information content (AvgIpc) is 3.25. The van der Waals surface area contributed by atoms with Gasteiger partial charge in [0.25, 0.3) is 15.9 Å². The Morgan fingerprint density at radius 2 is 1.80 bits per heavy atom. The molecule has 35 heavy (non-hydrogen) atoms. The molecule has 1 unspecified atom stereocenters. The van der Waals surface area contributed by atoms with Crippen molar-refractivity contribution in [2.45, 2.75) is 61.9 Å². The second-order valence-corrected chi connectivity index (χ2v) is 11.9. The monoisotopic (exact) mass is 497 g/mol. The third kappa shape index (κ3) is 4.71. The third-order valence-corrected chi connectivity index (χ3v) is 9.77. The number of para-hydroxylation sites is 1. The minimum Gasteiger partial charge on any atom is -0.379 e. The van der Waals surface area contributed by atoms with Gasteiger partial charge in [0.05, 0.1) is 23.8 Å². The largest absolute Gasteiger partial charge is 0.379 e. The van der Waals surface area contributed by atoms with E-state index in [0.29, 0.717) is 18.5 Å². The second kappa shape index (κ2) is 9.91. The summed E-state index contributed by atoms with van der Waals surface area (Å²) in [6.07, 6.45) is 6.37. The van der Waals surface area contributed by atoms with Gasteiger partial charge in [-0.15, -0.1) is 0 Å². The number of rotatable bonds is 6. The highest BCUT2D eigenvalue weighted by atomic mass is 32.2. The van der Waals surface area contributed by atoms with Gasteiger partial charge in [-0.2, -0.15) is 0 Å². The lowest BCUT2D eigenvalue weighted by atomic mass is 9.79. The molecule has 1 atom stereocenters. The summed E-state index contributed by atoms with van der Waals surface area (Å²) in [4.78, 5) is 15.8. The van der Waals surface area contributed by atoms with E-state index in [1.165, 1.54) is 16.8 Å². The van der Waals surface area contributed by atoms with Crippen LogP contribution in [0.4, 0.5) is 5.69 Å².